The maximum absolute atomic E-state index is 13.5. The van der Waals surface area contributed by atoms with Gasteiger partial charge in [-0.05, 0) is 60.7 Å². The van der Waals surface area contributed by atoms with Crippen LogP contribution in [-0.2, 0) is 29.3 Å². The molecule has 0 bridgehead atoms. The molecule has 38 heavy (non-hydrogen) atoms. The number of carbonyl (C=O) groups excluding carboxylic acids is 1. The number of aryl methyl sites for hydroxylation is 1. The predicted molar refractivity (Wildman–Crippen MR) is 127 cm³/mol. The first-order valence-corrected chi connectivity index (χ1v) is 13.5. The molecule has 4 rings (SSSR count). The third-order valence-corrected chi connectivity index (χ3v) is 7.45. The number of tetrazole rings is 1. The molecule has 204 valence electrons. The van der Waals surface area contributed by atoms with Crippen molar-refractivity contribution in [3.05, 3.63) is 58.7 Å². The van der Waals surface area contributed by atoms with Crippen molar-refractivity contribution in [1.82, 2.24) is 34.8 Å². The number of piperidine rings is 1. The number of aromatic nitrogens is 5. The fourth-order valence-electron chi connectivity index (χ4n) is 4.18. The summed E-state index contributed by atoms with van der Waals surface area (Å²) in [6.07, 6.45) is -2.33. The number of carbonyl (C=O) groups is 1. The number of alkyl halides is 3. The van der Waals surface area contributed by atoms with Crippen LogP contribution in [0.15, 0.2) is 30.3 Å². The van der Waals surface area contributed by atoms with Gasteiger partial charge in [0, 0.05) is 30.9 Å². The normalized spacial score (nSPS) is 15.5. The Morgan fingerprint density at radius 3 is 2.53 bits per heavy atom. The lowest BCUT2D eigenvalue weighted by Gasteiger charge is -2.29. The number of halogens is 4. The monoisotopic (exact) mass is 555 g/mol. The zero-order valence-corrected chi connectivity index (χ0v) is 21.4. The maximum Gasteiger partial charge on any atom is 0.419 e. The summed E-state index contributed by atoms with van der Waals surface area (Å²) in [7, 11) is -3.21. The summed E-state index contributed by atoms with van der Waals surface area (Å²) in [5.41, 5.74) is -0.370. The molecule has 10 nitrogen and oxygen atoms in total. The molecule has 0 spiro atoms. The van der Waals surface area contributed by atoms with Gasteiger partial charge in [0.05, 0.1) is 18.4 Å². The van der Waals surface area contributed by atoms with Gasteiger partial charge in [0.25, 0.3) is 5.91 Å². The predicted octanol–water partition coefficient (Wildman–Crippen LogP) is 2.80. The number of hydrogen-bond acceptors (Lipinski definition) is 7. The van der Waals surface area contributed by atoms with Crippen molar-refractivity contribution in [2.24, 2.45) is 5.92 Å². The number of pyridine rings is 1. The maximum atomic E-state index is 13.5. The second-order valence-corrected chi connectivity index (χ2v) is 11.1. The van der Waals surface area contributed by atoms with Gasteiger partial charge in [-0.3, -0.25) is 4.79 Å². The summed E-state index contributed by atoms with van der Waals surface area (Å²) in [4.78, 5) is 18.3. The van der Waals surface area contributed by atoms with Crippen LogP contribution in [0.25, 0.3) is 11.4 Å². The molecule has 0 radical (unpaired) electrons. The summed E-state index contributed by atoms with van der Waals surface area (Å²) in [6, 6.07) is 5.63. The molecular weight excluding hydrogens is 530 g/mol. The molecule has 3 heterocycles. The van der Waals surface area contributed by atoms with Crippen LogP contribution in [0.1, 0.15) is 40.2 Å². The van der Waals surface area contributed by atoms with Gasteiger partial charge in [-0.1, -0.05) is 6.07 Å². The van der Waals surface area contributed by atoms with Crippen LogP contribution in [-0.4, -0.2) is 63.2 Å². The lowest BCUT2D eigenvalue weighted by molar-refractivity contribution is -0.140. The van der Waals surface area contributed by atoms with Crippen LogP contribution < -0.4 is 5.32 Å². The highest BCUT2D eigenvalue weighted by Crippen LogP contribution is 2.32. The van der Waals surface area contributed by atoms with Crippen LogP contribution in [0.2, 0.25) is 0 Å². The smallest absolute Gasteiger partial charge is 0.347 e. The largest absolute Gasteiger partial charge is 0.419 e. The van der Waals surface area contributed by atoms with Gasteiger partial charge < -0.3 is 5.32 Å². The van der Waals surface area contributed by atoms with Crippen molar-refractivity contribution in [2.75, 3.05) is 19.3 Å². The molecule has 1 aliphatic rings. The van der Waals surface area contributed by atoms with Crippen LogP contribution in [0, 0.1) is 18.7 Å². The SMILES string of the molecule is Cc1cc(-c2nnn(CC3CCN(S(C)(=O)=O)CC3)n2)cc(C(=O)NCc2ccc(F)c(C(F)(F)F)c2)n1. The molecular formula is C23H25F4N7O3S. The van der Waals surface area contributed by atoms with E-state index in [-0.39, 0.29) is 29.5 Å². The quantitative estimate of drug-likeness (QED) is 0.445. The van der Waals surface area contributed by atoms with Gasteiger partial charge in [-0.2, -0.15) is 18.0 Å². The average molecular weight is 556 g/mol. The van der Waals surface area contributed by atoms with Crippen molar-refractivity contribution in [3.63, 3.8) is 0 Å². The Morgan fingerprint density at radius 1 is 1.16 bits per heavy atom. The first kappa shape index (κ1) is 27.6. The molecule has 0 unspecified atom stereocenters. The van der Waals surface area contributed by atoms with Gasteiger partial charge in [-0.15, -0.1) is 10.2 Å². The Labute approximate surface area is 216 Å². The average Bonchev–Trinajstić information content (AvgIpc) is 3.30. The van der Waals surface area contributed by atoms with E-state index in [0.717, 1.165) is 6.07 Å². The second-order valence-electron chi connectivity index (χ2n) is 9.15. The minimum atomic E-state index is -4.85. The highest BCUT2D eigenvalue weighted by atomic mass is 32.2. The Bertz CT molecular complexity index is 1440. The lowest BCUT2D eigenvalue weighted by atomic mass is 9.98. The molecule has 1 N–H and O–H groups in total. The fraction of sp³-hybridized carbons (Fsp3) is 0.435. The van der Waals surface area contributed by atoms with Crippen molar-refractivity contribution in [3.8, 4) is 11.4 Å². The van der Waals surface area contributed by atoms with Crippen LogP contribution in [0.3, 0.4) is 0 Å². The summed E-state index contributed by atoms with van der Waals surface area (Å²) >= 11 is 0. The number of nitrogens with one attached hydrogen (secondary N) is 1. The van der Waals surface area contributed by atoms with Crippen molar-refractivity contribution < 1.29 is 30.8 Å². The van der Waals surface area contributed by atoms with Crippen LogP contribution >= 0.6 is 0 Å². The molecule has 1 amide bonds. The number of rotatable bonds is 7. The lowest BCUT2D eigenvalue weighted by Crippen LogP contribution is -2.38. The second kappa shape index (κ2) is 10.7. The van der Waals surface area contributed by atoms with Crippen molar-refractivity contribution in [1.29, 1.82) is 0 Å². The third kappa shape index (κ3) is 6.69. The Balaban J connectivity index is 1.41. The first-order chi connectivity index (χ1) is 17.8. The van der Waals surface area contributed by atoms with Crippen molar-refractivity contribution >= 4 is 15.9 Å². The van der Waals surface area contributed by atoms with Crippen molar-refractivity contribution in [2.45, 2.75) is 39.0 Å². The van der Waals surface area contributed by atoms with E-state index in [9.17, 15) is 30.8 Å². The molecule has 1 saturated heterocycles. The Hall–Kier alpha value is -3.46. The molecule has 1 aliphatic heterocycles. The van der Waals surface area contributed by atoms with Gasteiger partial charge >= 0.3 is 6.18 Å². The highest BCUT2D eigenvalue weighted by molar-refractivity contribution is 7.88. The first-order valence-electron chi connectivity index (χ1n) is 11.7. The Kier molecular flexibility index (Phi) is 7.78. The Morgan fingerprint density at radius 2 is 1.87 bits per heavy atom. The van der Waals surface area contributed by atoms with Crippen LogP contribution in [0.4, 0.5) is 17.6 Å². The number of hydrogen-bond donors (Lipinski definition) is 1. The van der Waals surface area contributed by atoms with E-state index in [2.05, 4.69) is 25.7 Å². The van der Waals surface area contributed by atoms with Gasteiger partial charge in [0.2, 0.25) is 15.8 Å². The molecule has 0 saturated carbocycles. The van der Waals surface area contributed by atoms with E-state index in [1.54, 1.807) is 13.0 Å². The third-order valence-electron chi connectivity index (χ3n) is 6.15. The minimum absolute atomic E-state index is 0.00246. The number of nitrogens with zero attached hydrogens (tertiary/aromatic N) is 6. The molecule has 0 atom stereocenters. The topological polar surface area (TPSA) is 123 Å². The summed E-state index contributed by atoms with van der Waals surface area (Å²) in [5, 5.41) is 15.0. The van der Waals surface area contributed by atoms with E-state index in [1.165, 1.54) is 21.4 Å². The summed E-state index contributed by atoms with van der Waals surface area (Å²) in [6.45, 7) is 2.72. The van der Waals surface area contributed by atoms with Gasteiger partial charge in [-0.25, -0.2) is 22.1 Å². The van der Waals surface area contributed by atoms with E-state index in [4.69, 9.17) is 0 Å². The molecule has 1 aromatic carbocycles. The van der Waals surface area contributed by atoms with E-state index < -0.39 is 33.5 Å². The van der Waals surface area contributed by atoms with Gasteiger partial charge in [0.1, 0.15) is 11.5 Å². The van der Waals surface area contributed by atoms with E-state index >= 15 is 0 Å². The molecule has 2 aromatic heterocycles. The highest BCUT2D eigenvalue weighted by Gasteiger charge is 2.34. The zero-order chi connectivity index (χ0) is 27.7. The number of sulfonamides is 1. The standard InChI is InChI=1S/C23H25F4N7O3S/c1-14-9-17(21-30-32-34(31-21)13-15-5-7-33(8-6-15)38(2,36)37)11-20(29-14)22(35)28-12-16-3-4-19(24)18(10-16)23(25,26)27/h3-4,9-11,15H,5-8,12-13H2,1-2H3,(H,28,35). The summed E-state index contributed by atoms with van der Waals surface area (Å²) in [5.74, 6) is -1.60. The molecule has 3 aromatic rings. The zero-order valence-electron chi connectivity index (χ0n) is 20.5. The molecule has 15 heteroatoms. The number of benzene rings is 1. The minimum Gasteiger partial charge on any atom is -0.347 e. The number of amides is 1. The van der Waals surface area contributed by atoms with Gasteiger partial charge in [0.15, 0.2) is 0 Å². The van der Waals surface area contributed by atoms with Crippen LogP contribution in [0.5, 0.6) is 0 Å². The molecule has 1 fully saturated rings. The fourth-order valence-corrected chi connectivity index (χ4v) is 5.05. The van der Waals surface area contributed by atoms with E-state index in [1.807, 2.05) is 0 Å². The summed E-state index contributed by atoms with van der Waals surface area (Å²) < 4.78 is 77.2. The van der Waals surface area contributed by atoms with E-state index in [0.29, 0.717) is 55.9 Å². The molecule has 0 aliphatic carbocycles.